The van der Waals surface area contributed by atoms with Gasteiger partial charge in [0.05, 0.1) is 11.2 Å². The SMILES string of the molecule is O=C(O)CONC(=O)Nc1cccc2ncccc12. The van der Waals surface area contributed by atoms with Crippen molar-refractivity contribution < 1.29 is 19.5 Å². The molecule has 7 heteroatoms. The number of carboxylic acid groups (broad SMARTS) is 1. The number of hydrogen-bond acceptors (Lipinski definition) is 4. The zero-order valence-electron chi connectivity index (χ0n) is 9.79. The number of aromatic nitrogens is 1. The first-order chi connectivity index (χ1) is 9.16. The predicted molar refractivity (Wildman–Crippen MR) is 67.5 cm³/mol. The van der Waals surface area contributed by atoms with Gasteiger partial charge < -0.3 is 10.4 Å². The summed E-state index contributed by atoms with van der Waals surface area (Å²) in [6.07, 6.45) is 1.65. The van der Waals surface area contributed by atoms with Crippen LogP contribution in [-0.4, -0.2) is 28.7 Å². The van der Waals surface area contributed by atoms with E-state index in [0.29, 0.717) is 5.69 Å². The molecule has 2 rings (SSSR count). The topological polar surface area (TPSA) is 101 Å². The van der Waals surface area contributed by atoms with Gasteiger partial charge in [-0.05, 0) is 24.3 Å². The van der Waals surface area contributed by atoms with Crippen molar-refractivity contribution >= 4 is 28.6 Å². The number of aliphatic carboxylic acids is 1. The summed E-state index contributed by atoms with van der Waals surface area (Å²) in [4.78, 5) is 30.3. The third kappa shape index (κ3) is 3.39. The first kappa shape index (κ1) is 12.8. The van der Waals surface area contributed by atoms with Crippen molar-refractivity contribution in [1.29, 1.82) is 0 Å². The lowest BCUT2D eigenvalue weighted by molar-refractivity contribution is -0.143. The molecule has 0 radical (unpaired) electrons. The van der Waals surface area contributed by atoms with E-state index in [2.05, 4.69) is 15.1 Å². The molecule has 0 fully saturated rings. The molecule has 19 heavy (non-hydrogen) atoms. The number of urea groups is 1. The van der Waals surface area contributed by atoms with Gasteiger partial charge in [0, 0.05) is 11.6 Å². The van der Waals surface area contributed by atoms with Gasteiger partial charge in [0.2, 0.25) is 0 Å². The largest absolute Gasteiger partial charge is 0.479 e. The van der Waals surface area contributed by atoms with Crippen LogP contribution < -0.4 is 10.8 Å². The fourth-order valence-corrected chi connectivity index (χ4v) is 1.52. The van der Waals surface area contributed by atoms with Gasteiger partial charge in [-0.15, -0.1) is 0 Å². The highest BCUT2D eigenvalue weighted by Crippen LogP contribution is 2.20. The number of amides is 2. The number of carbonyl (C=O) groups is 2. The molecule has 98 valence electrons. The highest BCUT2D eigenvalue weighted by Gasteiger charge is 2.06. The van der Waals surface area contributed by atoms with E-state index < -0.39 is 18.6 Å². The Balaban J connectivity index is 2.05. The van der Waals surface area contributed by atoms with Gasteiger partial charge in [-0.3, -0.25) is 9.82 Å². The molecule has 0 aliphatic rings. The number of hydroxylamine groups is 1. The Hall–Kier alpha value is -2.67. The number of rotatable bonds is 4. The van der Waals surface area contributed by atoms with Crippen LogP contribution in [0.3, 0.4) is 0 Å². The minimum atomic E-state index is -1.17. The molecule has 0 bridgehead atoms. The first-order valence-electron chi connectivity index (χ1n) is 5.41. The average molecular weight is 261 g/mol. The molecule has 0 aliphatic carbocycles. The number of nitrogens with one attached hydrogen (secondary N) is 2. The van der Waals surface area contributed by atoms with Gasteiger partial charge in [-0.25, -0.2) is 15.1 Å². The second-order valence-corrected chi connectivity index (χ2v) is 3.61. The zero-order chi connectivity index (χ0) is 13.7. The van der Waals surface area contributed by atoms with E-state index in [1.165, 1.54) is 0 Å². The van der Waals surface area contributed by atoms with Crippen molar-refractivity contribution in [2.24, 2.45) is 0 Å². The molecule has 7 nitrogen and oxygen atoms in total. The van der Waals surface area contributed by atoms with Gasteiger partial charge in [0.1, 0.15) is 0 Å². The summed E-state index contributed by atoms with van der Waals surface area (Å²) in [5, 5.41) is 11.7. The van der Waals surface area contributed by atoms with E-state index in [1.54, 1.807) is 24.4 Å². The second-order valence-electron chi connectivity index (χ2n) is 3.61. The Morgan fingerprint density at radius 3 is 2.89 bits per heavy atom. The summed E-state index contributed by atoms with van der Waals surface area (Å²) in [6.45, 7) is -0.607. The van der Waals surface area contributed by atoms with Crippen molar-refractivity contribution in [2.75, 3.05) is 11.9 Å². The van der Waals surface area contributed by atoms with Gasteiger partial charge >= 0.3 is 12.0 Å². The van der Waals surface area contributed by atoms with Crippen LogP contribution >= 0.6 is 0 Å². The Labute approximate surface area is 108 Å². The highest BCUT2D eigenvalue weighted by molar-refractivity contribution is 5.99. The molecule has 0 atom stereocenters. The third-order valence-corrected chi connectivity index (χ3v) is 2.25. The normalized spacial score (nSPS) is 10.1. The third-order valence-electron chi connectivity index (χ3n) is 2.25. The molecule has 0 spiro atoms. The summed E-state index contributed by atoms with van der Waals surface area (Å²) in [7, 11) is 0. The van der Waals surface area contributed by atoms with Gasteiger partial charge in [0.25, 0.3) is 0 Å². The Kier molecular flexibility index (Phi) is 3.89. The lowest BCUT2D eigenvalue weighted by atomic mass is 10.2. The van der Waals surface area contributed by atoms with Crippen LogP contribution in [0.5, 0.6) is 0 Å². The highest BCUT2D eigenvalue weighted by atomic mass is 16.7. The van der Waals surface area contributed by atoms with Gasteiger partial charge in [-0.2, -0.15) is 0 Å². The molecule has 0 unspecified atom stereocenters. The number of hydrogen-bond donors (Lipinski definition) is 3. The van der Waals surface area contributed by atoms with Crippen LogP contribution in [0.15, 0.2) is 36.5 Å². The first-order valence-corrected chi connectivity index (χ1v) is 5.41. The molecular weight excluding hydrogens is 250 g/mol. The van der Waals surface area contributed by atoms with Crippen LogP contribution in [0.25, 0.3) is 10.9 Å². The fourth-order valence-electron chi connectivity index (χ4n) is 1.52. The van der Waals surface area contributed by atoms with Crippen molar-refractivity contribution in [3.05, 3.63) is 36.5 Å². The van der Waals surface area contributed by atoms with Crippen molar-refractivity contribution in [3.8, 4) is 0 Å². The monoisotopic (exact) mass is 261 g/mol. The number of carboxylic acids is 1. The molecular formula is C12H11N3O4. The van der Waals surface area contributed by atoms with E-state index >= 15 is 0 Å². The number of anilines is 1. The van der Waals surface area contributed by atoms with Crippen LogP contribution in [0.4, 0.5) is 10.5 Å². The van der Waals surface area contributed by atoms with E-state index in [1.807, 2.05) is 17.6 Å². The van der Waals surface area contributed by atoms with E-state index in [-0.39, 0.29) is 0 Å². The molecule has 0 saturated heterocycles. The molecule has 0 saturated carbocycles. The standard InChI is InChI=1S/C12H11N3O4/c16-11(17)7-19-15-12(18)14-10-5-1-4-9-8(10)3-2-6-13-9/h1-6H,7H2,(H,16,17)(H2,14,15,18). The van der Waals surface area contributed by atoms with Crippen LogP contribution in [0.1, 0.15) is 0 Å². The summed E-state index contributed by atoms with van der Waals surface area (Å²) in [5.74, 6) is -1.17. The minimum absolute atomic E-state index is 0.557. The number of pyridine rings is 1. The Morgan fingerprint density at radius 1 is 1.26 bits per heavy atom. The van der Waals surface area contributed by atoms with Crippen LogP contribution in [0, 0.1) is 0 Å². The molecule has 1 heterocycles. The molecule has 0 aliphatic heterocycles. The molecule has 2 aromatic rings. The lowest BCUT2D eigenvalue weighted by Crippen LogP contribution is -2.30. The maximum absolute atomic E-state index is 11.5. The zero-order valence-corrected chi connectivity index (χ0v) is 9.79. The van der Waals surface area contributed by atoms with Gasteiger partial charge in [-0.1, -0.05) is 6.07 Å². The molecule has 1 aromatic carbocycles. The fraction of sp³-hybridized carbons (Fsp3) is 0.0833. The lowest BCUT2D eigenvalue weighted by Gasteiger charge is -2.08. The van der Waals surface area contributed by atoms with Crippen LogP contribution in [-0.2, 0) is 9.63 Å². The minimum Gasteiger partial charge on any atom is -0.479 e. The maximum Gasteiger partial charge on any atom is 0.343 e. The van der Waals surface area contributed by atoms with Crippen molar-refractivity contribution in [2.45, 2.75) is 0 Å². The Morgan fingerprint density at radius 2 is 2.11 bits per heavy atom. The summed E-state index contributed by atoms with van der Waals surface area (Å²) >= 11 is 0. The summed E-state index contributed by atoms with van der Waals surface area (Å²) < 4.78 is 0. The van der Waals surface area contributed by atoms with E-state index in [9.17, 15) is 9.59 Å². The van der Waals surface area contributed by atoms with Crippen molar-refractivity contribution in [3.63, 3.8) is 0 Å². The smallest absolute Gasteiger partial charge is 0.343 e. The van der Waals surface area contributed by atoms with Crippen molar-refractivity contribution in [1.82, 2.24) is 10.5 Å². The number of fused-ring (bicyclic) bond motifs is 1. The number of carbonyl (C=O) groups excluding carboxylic acids is 1. The second kappa shape index (κ2) is 5.78. The quantitative estimate of drug-likeness (QED) is 0.722. The summed E-state index contributed by atoms with van der Waals surface area (Å²) in [5.41, 5.74) is 3.28. The average Bonchev–Trinajstić information content (AvgIpc) is 2.39. The molecule has 2 amide bonds. The molecule has 1 aromatic heterocycles. The Bertz CT molecular complexity index is 609. The predicted octanol–water partition coefficient (Wildman–Crippen LogP) is 1.37. The maximum atomic E-state index is 11.5. The summed E-state index contributed by atoms with van der Waals surface area (Å²) in [6, 6.07) is 8.20. The van der Waals surface area contributed by atoms with E-state index in [0.717, 1.165) is 10.9 Å². The van der Waals surface area contributed by atoms with E-state index in [4.69, 9.17) is 5.11 Å². The number of benzene rings is 1. The number of nitrogens with zero attached hydrogens (tertiary/aromatic N) is 1. The van der Waals surface area contributed by atoms with Gasteiger partial charge in [0.15, 0.2) is 6.61 Å². The van der Waals surface area contributed by atoms with Crippen LogP contribution in [0.2, 0.25) is 0 Å². The molecule has 3 N–H and O–H groups in total.